The molecule has 2 nitrogen and oxygen atoms in total. The lowest BCUT2D eigenvalue weighted by molar-refractivity contribution is 0.187. The molecule has 1 fully saturated rings. The molecule has 1 rings (SSSR count). The summed E-state index contributed by atoms with van der Waals surface area (Å²) in [5.41, 5.74) is 0. The lowest BCUT2D eigenvalue weighted by Crippen LogP contribution is -2.40. The van der Waals surface area contributed by atoms with Gasteiger partial charge in [0, 0.05) is 17.6 Å². The Morgan fingerprint density at radius 3 is 3.07 bits per heavy atom. The van der Waals surface area contributed by atoms with Gasteiger partial charge in [0.05, 0.1) is 0 Å². The summed E-state index contributed by atoms with van der Waals surface area (Å²) in [6.45, 7) is 11.9. The highest BCUT2D eigenvalue weighted by Gasteiger charge is 2.19. The minimum Gasteiger partial charge on any atom is -0.316 e. The Labute approximate surface area is 102 Å². The van der Waals surface area contributed by atoms with Gasteiger partial charge < -0.3 is 5.32 Å². The van der Waals surface area contributed by atoms with Crippen LogP contribution in [-0.4, -0.2) is 37.6 Å². The zero-order chi connectivity index (χ0) is 11.1. The summed E-state index contributed by atoms with van der Waals surface area (Å²) in [7, 11) is 0. The maximum atomic E-state index is 3.91. The topological polar surface area (TPSA) is 15.3 Å². The van der Waals surface area contributed by atoms with E-state index in [0.717, 1.165) is 23.5 Å². The summed E-state index contributed by atoms with van der Waals surface area (Å²) in [4.78, 5) is 2.50. The summed E-state index contributed by atoms with van der Waals surface area (Å²) in [5, 5.41) is 3.52. The second kappa shape index (κ2) is 7.42. The van der Waals surface area contributed by atoms with Crippen molar-refractivity contribution in [3.8, 4) is 0 Å². The van der Waals surface area contributed by atoms with Crippen molar-refractivity contribution in [3.05, 3.63) is 11.1 Å². The van der Waals surface area contributed by atoms with E-state index < -0.39 is 0 Å². The van der Waals surface area contributed by atoms with E-state index in [4.69, 9.17) is 0 Å². The predicted molar refractivity (Wildman–Crippen MR) is 70.4 cm³/mol. The number of halogens is 1. The van der Waals surface area contributed by atoms with Crippen LogP contribution in [-0.2, 0) is 0 Å². The Kier molecular flexibility index (Phi) is 6.53. The van der Waals surface area contributed by atoms with Gasteiger partial charge in [0.1, 0.15) is 0 Å². The first-order valence-electron chi connectivity index (χ1n) is 5.98. The van der Waals surface area contributed by atoms with Crippen molar-refractivity contribution in [2.75, 3.05) is 32.7 Å². The van der Waals surface area contributed by atoms with Crippen LogP contribution in [0.25, 0.3) is 0 Å². The summed E-state index contributed by atoms with van der Waals surface area (Å²) >= 11 is 3.44. The molecule has 1 atom stereocenters. The molecule has 1 N–H and O–H groups in total. The van der Waals surface area contributed by atoms with E-state index in [2.05, 4.69) is 39.6 Å². The highest BCUT2D eigenvalue weighted by molar-refractivity contribution is 9.11. The Bertz CT molecular complexity index is 194. The largest absolute Gasteiger partial charge is 0.316 e. The first kappa shape index (κ1) is 13.2. The van der Waals surface area contributed by atoms with Gasteiger partial charge in [0.25, 0.3) is 0 Å². The van der Waals surface area contributed by atoms with Crippen LogP contribution < -0.4 is 5.32 Å². The van der Waals surface area contributed by atoms with Crippen LogP contribution in [0.4, 0.5) is 0 Å². The van der Waals surface area contributed by atoms with E-state index in [0.29, 0.717) is 0 Å². The van der Waals surface area contributed by atoms with Gasteiger partial charge in [-0.3, -0.25) is 4.90 Å². The van der Waals surface area contributed by atoms with E-state index in [1.165, 1.54) is 38.9 Å². The molecule has 1 aliphatic heterocycles. The average molecular weight is 275 g/mol. The molecule has 15 heavy (non-hydrogen) atoms. The van der Waals surface area contributed by atoms with Crippen LogP contribution in [0.15, 0.2) is 11.1 Å². The Hall–Kier alpha value is 0.140. The molecule has 0 aliphatic carbocycles. The highest BCUT2D eigenvalue weighted by atomic mass is 79.9. The monoisotopic (exact) mass is 274 g/mol. The van der Waals surface area contributed by atoms with E-state index in [1.54, 1.807) is 0 Å². The van der Waals surface area contributed by atoms with Crippen molar-refractivity contribution in [2.45, 2.75) is 26.2 Å². The Morgan fingerprint density at radius 2 is 2.40 bits per heavy atom. The van der Waals surface area contributed by atoms with Gasteiger partial charge in [-0.05, 0) is 44.8 Å². The van der Waals surface area contributed by atoms with Crippen LogP contribution in [0.3, 0.4) is 0 Å². The van der Waals surface area contributed by atoms with Crippen LogP contribution in [0.5, 0.6) is 0 Å². The average Bonchev–Trinajstić information content (AvgIpc) is 2.18. The van der Waals surface area contributed by atoms with E-state index >= 15 is 0 Å². The summed E-state index contributed by atoms with van der Waals surface area (Å²) < 4.78 is 1.10. The maximum Gasteiger partial charge on any atom is 0.0294 e. The fourth-order valence-electron chi connectivity index (χ4n) is 2.19. The highest BCUT2D eigenvalue weighted by Crippen LogP contribution is 2.17. The number of hydrogen-bond acceptors (Lipinski definition) is 2. The fraction of sp³-hybridized carbons (Fsp3) is 0.833. The molecule has 1 saturated heterocycles. The number of piperidine rings is 1. The van der Waals surface area contributed by atoms with Crippen LogP contribution in [0.2, 0.25) is 0 Å². The number of hydrogen-bond donors (Lipinski definition) is 1. The molecule has 0 spiro atoms. The van der Waals surface area contributed by atoms with Crippen LogP contribution in [0.1, 0.15) is 26.2 Å². The molecule has 0 aromatic heterocycles. The van der Waals surface area contributed by atoms with Gasteiger partial charge in [-0.25, -0.2) is 0 Å². The minimum atomic E-state index is 0.831. The summed E-state index contributed by atoms with van der Waals surface area (Å²) in [6.07, 6.45) is 3.94. The van der Waals surface area contributed by atoms with Crippen molar-refractivity contribution in [1.82, 2.24) is 10.2 Å². The first-order chi connectivity index (χ1) is 7.22. The van der Waals surface area contributed by atoms with Gasteiger partial charge in [0.2, 0.25) is 0 Å². The van der Waals surface area contributed by atoms with Gasteiger partial charge in [-0.2, -0.15) is 0 Å². The molecule has 0 amide bonds. The SMILES string of the molecule is C=C(Br)CN1CCCC(CNCCC)C1. The summed E-state index contributed by atoms with van der Waals surface area (Å²) in [5.74, 6) is 0.831. The first-order valence-corrected chi connectivity index (χ1v) is 6.78. The van der Waals surface area contributed by atoms with Crippen molar-refractivity contribution in [1.29, 1.82) is 0 Å². The van der Waals surface area contributed by atoms with Crippen LogP contribution >= 0.6 is 15.9 Å². The van der Waals surface area contributed by atoms with E-state index in [1.807, 2.05) is 0 Å². The fourth-order valence-corrected chi connectivity index (χ4v) is 2.54. The van der Waals surface area contributed by atoms with Crippen molar-refractivity contribution in [3.63, 3.8) is 0 Å². The maximum absolute atomic E-state index is 3.91. The van der Waals surface area contributed by atoms with Crippen molar-refractivity contribution >= 4 is 15.9 Å². The van der Waals surface area contributed by atoms with Crippen molar-refractivity contribution < 1.29 is 0 Å². The third-order valence-electron chi connectivity index (χ3n) is 2.86. The molecule has 0 aromatic rings. The quantitative estimate of drug-likeness (QED) is 0.750. The molecule has 1 heterocycles. The van der Waals surface area contributed by atoms with E-state index in [9.17, 15) is 0 Å². The second-order valence-corrected chi connectivity index (χ2v) is 5.59. The summed E-state index contributed by atoms with van der Waals surface area (Å²) in [6, 6.07) is 0. The van der Waals surface area contributed by atoms with Gasteiger partial charge in [0.15, 0.2) is 0 Å². The zero-order valence-corrected chi connectivity index (χ0v) is 11.4. The lowest BCUT2D eigenvalue weighted by Gasteiger charge is -2.32. The smallest absolute Gasteiger partial charge is 0.0294 e. The molecular weight excluding hydrogens is 252 g/mol. The second-order valence-electron chi connectivity index (χ2n) is 4.46. The molecular formula is C12H23BrN2. The number of nitrogens with zero attached hydrogens (tertiary/aromatic N) is 1. The molecule has 0 aromatic carbocycles. The molecule has 1 aliphatic rings. The van der Waals surface area contributed by atoms with Gasteiger partial charge >= 0.3 is 0 Å². The third-order valence-corrected chi connectivity index (χ3v) is 3.11. The van der Waals surface area contributed by atoms with Gasteiger partial charge in [-0.1, -0.05) is 29.4 Å². The number of likely N-dealkylation sites (tertiary alicyclic amines) is 1. The molecule has 1 unspecified atom stereocenters. The molecule has 3 heteroatoms. The minimum absolute atomic E-state index is 0.831. The molecule has 0 radical (unpaired) electrons. The van der Waals surface area contributed by atoms with Crippen molar-refractivity contribution in [2.24, 2.45) is 5.92 Å². The standard InChI is InChI=1S/C12H23BrN2/c1-3-6-14-8-12-5-4-7-15(10-12)9-11(2)13/h12,14H,2-10H2,1H3. The predicted octanol–water partition coefficient (Wildman–Crippen LogP) is 2.61. The Balaban J connectivity index is 2.19. The zero-order valence-electron chi connectivity index (χ0n) is 9.77. The number of rotatable bonds is 6. The lowest BCUT2D eigenvalue weighted by atomic mass is 9.98. The molecule has 88 valence electrons. The molecule has 0 bridgehead atoms. The molecule has 0 saturated carbocycles. The normalized spacial score (nSPS) is 22.9. The number of nitrogens with one attached hydrogen (secondary N) is 1. The Morgan fingerprint density at radius 1 is 1.60 bits per heavy atom. The van der Waals surface area contributed by atoms with Gasteiger partial charge in [-0.15, -0.1) is 0 Å². The van der Waals surface area contributed by atoms with E-state index in [-0.39, 0.29) is 0 Å². The third kappa shape index (κ3) is 5.69. The van der Waals surface area contributed by atoms with Crippen LogP contribution in [0, 0.1) is 5.92 Å².